The molecule has 1 aromatic rings. The lowest BCUT2D eigenvalue weighted by atomic mass is 10.2. The third-order valence-electron chi connectivity index (χ3n) is 2.74. The third kappa shape index (κ3) is 4.55. The van der Waals surface area contributed by atoms with Gasteiger partial charge in [0.05, 0.1) is 5.69 Å². The van der Waals surface area contributed by atoms with Crippen molar-refractivity contribution in [2.24, 2.45) is 11.7 Å². The predicted octanol–water partition coefficient (Wildman–Crippen LogP) is 1.93. The van der Waals surface area contributed by atoms with Gasteiger partial charge in [0.2, 0.25) is 0 Å². The third-order valence-corrected chi connectivity index (χ3v) is 3.98. The van der Waals surface area contributed by atoms with Gasteiger partial charge in [0.15, 0.2) is 5.13 Å². The van der Waals surface area contributed by atoms with E-state index >= 15 is 0 Å². The fourth-order valence-corrected chi connectivity index (χ4v) is 2.74. The maximum Gasteiger partial charge on any atom is 0.185 e. The summed E-state index contributed by atoms with van der Waals surface area (Å²) in [5, 5.41) is 1.11. The lowest BCUT2D eigenvalue weighted by Gasteiger charge is -2.25. The highest BCUT2D eigenvalue weighted by Gasteiger charge is 2.14. The molecule has 0 saturated heterocycles. The first-order valence-electron chi connectivity index (χ1n) is 6.50. The van der Waals surface area contributed by atoms with Crippen LogP contribution in [-0.4, -0.2) is 43.6 Å². The number of likely N-dealkylation sites (N-methyl/N-ethyl adjacent to an activating group) is 1. The van der Waals surface area contributed by atoms with Crippen molar-refractivity contribution in [2.45, 2.75) is 27.3 Å². The summed E-state index contributed by atoms with van der Waals surface area (Å²) < 4.78 is 0. The molecular formula is C13H26N4S. The number of hydrogen-bond donors (Lipinski definition) is 1. The van der Waals surface area contributed by atoms with E-state index in [0.29, 0.717) is 12.5 Å². The first-order chi connectivity index (χ1) is 8.43. The second-order valence-electron chi connectivity index (χ2n) is 5.35. The summed E-state index contributed by atoms with van der Waals surface area (Å²) in [6.45, 7) is 10.2. The molecule has 0 unspecified atom stereocenters. The molecule has 18 heavy (non-hydrogen) atoms. The highest BCUT2D eigenvalue weighted by atomic mass is 32.1. The van der Waals surface area contributed by atoms with Crippen molar-refractivity contribution in [1.29, 1.82) is 0 Å². The Morgan fingerprint density at radius 3 is 2.39 bits per heavy atom. The van der Waals surface area contributed by atoms with Crippen LogP contribution in [0.15, 0.2) is 0 Å². The van der Waals surface area contributed by atoms with E-state index in [-0.39, 0.29) is 0 Å². The second-order valence-corrected chi connectivity index (χ2v) is 6.41. The molecule has 0 amide bonds. The van der Waals surface area contributed by atoms with Gasteiger partial charge in [-0.1, -0.05) is 13.8 Å². The minimum Gasteiger partial charge on any atom is -0.347 e. The molecule has 4 nitrogen and oxygen atoms in total. The van der Waals surface area contributed by atoms with Gasteiger partial charge in [0.25, 0.3) is 0 Å². The van der Waals surface area contributed by atoms with Gasteiger partial charge in [0.1, 0.15) is 0 Å². The van der Waals surface area contributed by atoms with E-state index in [9.17, 15) is 0 Å². The highest BCUT2D eigenvalue weighted by Crippen LogP contribution is 2.26. The molecular weight excluding hydrogens is 244 g/mol. The molecule has 2 N–H and O–H groups in total. The topological polar surface area (TPSA) is 45.4 Å². The Kier molecular flexibility index (Phi) is 6.05. The molecule has 0 radical (unpaired) electrons. The fourth-order valence-electron chi connectivity index (χ4n) is 1.76. The zero-order valence-corrected chi connectivity index (χ0v) is 13.0. The Balaban J connectivity index is 2.79. The van der Waals surface area contributed by atoms with Crippen molar-refractivity contribution in [1.82, 2.24) is 9.88 Å². The molecule has 0 aliphatic heterocycles. The smallest absolute Gasteiger partial charge is 0.185 e. The molecule has 1 heterocycles. The molecule has 0 aliphatic carbocycles. The van der Waals surface area contributed by atoms with Gasteiger partial charge in [0, 0.05) is 31.1 Å². The van der Waals surface area contributed by atoms with E-state index in [4.69, 9.17) is 5.73 Å². The summed E-state index contributed by atoms with van der Waals surface area (Å²) in [6.07, 6.45) is 0. The van der Waals surface area contributed by atoms with Crippen molar-refractivity contribution in [3.05, 3.63) is 10.6 Å². The van der Waals surface area contributed by atoms with Crippen LogP contribution in [0.5, 0.6) is 0 Å². The molecule has 0 aliphatic rings. The zero-order chi connectivity index (χ0) is 13.7. The maximum atomic E-state index is 5.73. The van der Waals surface area contributed by atoms with Gasteiger partial charge in [-0.05, 0) is 26.9 Å². The summed E-state index contributed by atoms with van der Waals surface area (Å²) >= 11 is 1.73. The number of aryl methyl sites for hydroxylation is 1. The van der Waals surface area contributed by atoms with Crippen molar-refractivity contribution in [2.75, 3.05) is 38.6 Å². The summed E-state index contributed by atoms with van der Waals surface area (Å²) in [6, 6.07) is 0. The Morgan fingerprint density at radius 1 is 1.28 bits per heavy atom. The number of nitrogens with two attached hydrogens (primary N) is 1. The van der Waals surface area contributed by atoms with Crippen molar-refractivity contribution in [3.63, 3.8) is 0 Å². The number of anilines is 1. The zero-order valence-electron chi connectivity index (χ0n) is 12.2. The SMILES string of the molecule is Cc1nc(N(CCN(C)C)CC(C)C)sc1CN. The number of aromatic nitrogens is 1. The van der Waals surface area contributed by atoms with Crippen LogP contribution in [0.4, 0.5) is 5.13 Å². The van der Waals surface area contributed by atoms with E-state index in [1.54, 1.807) is 11.3 Å². The van der Waals surface area contributed by atoms with Crippen LogP contribution in [0.1, 0.15) is 24.4 Å². The van der Waals surface area contributed by atoms with Crippen LogP contribution in [0, 0.1) is 12.8 Å². The monoisotopic (exact) mass is 270 g/mol. The van der Waals surface area contributed by atoms with E-state index in [1.165, 1.54) is 4.88 Å². The number of thiazole rings is 1. The first kappa shape index (κ1) is 15.4. The van der Waals surface area contributed by atoms with E-state index in [2.05, 4.69) is 42.7 Å². The molecule has 0 spiro atoms. The standard InChI is InChI=1S/C13H26N4S/c1-10(2)9-17(7-6-16(4)5)13-15-11(3)12(8-14)18-13/h10H,6-9,14H2,1-5H3. The number of rotatable bonds is 7. The van der Waals surface area contributed by atoms with E-state index < -0.39 is 0 Å². The summed E-state index contributed by atoms with van der Waals surface area (Å²) in [4.78, 5) is 10.4. The normalized spacial score (nSPS) is 11.6. The van der Waals surface area contributed by atoms with Crippen molar-refractivity contribution >= 4 is 16.5 Å². The van der Waals surface area contributed by atoms with Gasteiger partial charge in [-0.15, -0.1) is 11.3 Å². The Hall–Kier alpha value is -0.650. The fraction of sp³-hybridized carbons (Fsp3) is 0.769. The molecule has 0 fully saturated rings. The minimum atomic E-state index is 0.590. The van der Waals surface area contributed by atoms with Crippen LogP contribution in [0.3, 0.4) is 0 Å². The van der Waals surface area contributed by atoms with Crippen LogP contribution in [-0.2, 0) is 6.54 Å². The first-order valence-corrected chi connectivity index (χ1v) is 7.31. The molecule has 1 rings (SSSR count). The molecule has 104 valence electrons. The lowest BCUT2D eigenvalue weighted by molar-refractivity contribution is 0.409. The number of nitrogens with zero attached hydrogens (tertiary/aromatic N) is 3. The lowest BCUT2D eigenvalue weighted by Crippen LogP contribution is -2.34. The molecule has 5 heteroatoms. The average Bonchev–Trinajstić information content (AvgIpc) is 2.65. The molecule has 0 bridgehead atoms. The molecule has 0 atom stereocenters. The van der Waals surface area contributed by atoms with E-state index in [1.807, 2.05) is 6.92 Å². The van der Waals surface area contributed by atoms with Gasteiger partial charge >= 0.3 is 0 Å². The van der Waals surface area contributed by atoms with E-state index in [0.717, 1.165) is 30.5 Å². The molecule has 0 aromatic carbocycles. The van der Waals surface area contributed by atoms with Crippen molar-refractivity contribution < 1.29 is 0 Å². The van der Waals surface area contributed by atoms with Crippen LogP contribution < -0.4 is 10.6 Å². The molecule has 1 aromatic heterocycles. The summed E-state index contributed by atoms with van der Waals surface area (Å²) in [5.41, 5.74) is 6.81. The summed E-state index contributed by atoms with van der Waals surface area (Å²) in [5.74, 6) is 0.637. The van der Waals surface area contributed by atoms with Gasteiger partial charge in [-0.2, -0.15) is 0 Å². The minimum absolute atomic E-state index is 0.590. The molecule has 0 saturated carbocycles. The predicted molar refractivity (Wildman–Crippen MR) is 80.3 cm³/mol. The average molecular weight is 270 g/mol. The van der Waals surface area contributed by atoms with Crippen molar-refractivity contribution in [3.8, 4) is 0 Å². The second kappa shape index (κ2) is 7.07. The quantitative estimate of drug-likeness (QED) is 0.822. The van der Waals surface area contributed by atoms with Gasteiger partial charge in [-0.25, -0.2) is 4.98 Å². The van der Waals surface area contributed by atoms with Crippen LogP contribution in [0.25, 0.3) is 0 Å². The maximum absolute atomic E-state index is 5.73. The van der Waals surface area contributed by atoms with Gasteiger partial charge < -0.3 is 15.5 Å². The van der Waals surface area contributed by atoms with Gasteiger partial charge in [-0.3, -0.25) is 0 Å². The summed E-state index contributed by atoms with van der Waals surface area (Å²) in [7, 11) is 4.21. The van der Waals surface area contributed by atoms with Crippen LogP contribution in [0.2, 0.25) is 0 Å². The largest absolute Gasteiger partial charge is 0.347 e. The Bertz CT molecular complexity index is 360. The highest BCUT2D eigenvalue weighted by molar-refractivity contribution is 7.15. The Morgan fingerprint density at radius 2 is 1.94 bits per heavy atom. The van der Waals surface area contributed by atoms with Crippen LogP contribution >= 0.6 is 11.3 Å². The number of hydrogen-bond acceptors (Lipinski definition) is 5. The Labute approximate surface area is 115 Å².